The molecule has 0 spiro atoms. The number of sulfonamides is 1. The molecule has 2 amide bonds. The molecule has 3 N–H and O–H groups in total. The molecule has 2 aromatic rings. The van der Waals surface area contributed by atoms with E-state index >= 15 is 0 Å². The predicted octanol–water partition coefficient (Wildman–Crippen LogP) is 2.36. The molecular formula is C20H25N3O6S. The monoisotopic (exact) mass is 435 g/mol. The van der Waals surface area contributed by atoms with Crippen molar-refractivity contribution >= 4 is 33.2 Å². The Morgan fingerprint density at radius 2 is 1.43 bits per heavy atom. The van der Waals surface area contributed by atoms with Crippen molar-refractivity contribution < 1.29 is 27.5 Å². The Kier molecular flexibility index (Phi) is 8.19. The first kappa shape index (κ1) is 23.2. The van der Waals surface area contributed by atoms with Gasteiger partial charge in [0.25, 0.3) is 0 Å². The third kappa shape index (κ3) is 6.46. The van der Waals surface area contributed by atoms with E-state index < -0.39 is 10.0 Å². The first-order valence-corrected chi connectivity index (χ1v) is 10.7. The van der Waals surface area contributed by atoms with Gasteiger partial charge in [0, 0.05) is 36.8 Å². The van der Waals surface area contributed by atoms with E-state index in [0.717, 1.165) is 0 Å². The van der Waals surface area contributed by atoms with Crippen LogP contribution in [0.4, 0.5) is 11.4 Å². The Morgan fingerprint density at radius 3 is 1.97 bits per heavy atom. The summed E-state index contributed by atoms with van der Waals surface area (Å²) in [7, 11) is -0.943. The lowest BCUT2D eigenvalue weighted by molar-refractivity contribution is -0.116. The third-order valence-corrected chi connectivity index (χ3v) is 5.54. The zero-order valence-electron chi connectivity index (χ0n) is 17.0. The van der Waals surface area contributed by atoms with Gasteiger partial charge < -0.3 is 20.1 Å². The number of rotatable bonds is 10. The maximum Gasteiger partial charge on any atom is 0.240 e. The third-order valence-electron chi connectivity index (χ3n) is 4.08. The number of benzene rings is 2. The molecule has 0 aliphatic heterocycles. The van der Waals surface area contributed by atoms with Crippen LogP contribution in [0, 0.1) is 0 Å². The van der Waals surface area contributed by atoms with Gasteiger partial charge in [-0.25, -0.2) is 13.1 Å². The van der Waals surface area contributed by atoms with Crippen LogP contribution in [0.25, 0.3) is 0 Å². The van der Waals surface area contributed by atoms with Crippen LogP contribution in [-0.2, 0) is 19.6 Å². The highest BCUT2D eigenvalue weighted by Gasteiger charge is 2.17. The standard InChI is InChI=1S/C20H25N3O6S/c1-4-19(24)22-14-5-7-15(8-6-14)23-20(25)11-12-21-30(26,27)16-9-10-17(28-2)18(13-16)29-3/h5-10,13,21H,4,11-12H2,1-3H3,(H,22,24)(H,23,25). The number of nitrogens with one attached hydrogen (secondary N) is 3. The van der Waals surface area contributed by atoms with Gasteiger partial charge in [-0.15, -0.1) is 0 Å². The van der Waals surface area contributed by atoms with Crippen LogP contribution < -0.4 is 24.8 Å². The van der Waals surface area contributed by atoms with Crippen molar-refractivity contribution in [2.45, 2.75) is 24.7 Å². The summed E-state index contributed by atoms with van der Waals surface area (Å²) in [5, 5.41) is 5.38. The van der Waals surface area contributed by atoms with Crippen LogP contribution >= 0.6 is 0 Å². The first-order chi connectivity index (χ1) is 14.3. The van der Waals surface area contributed by atoms with Crippen molar-refractivity contribution in [2.75, 3.05) is 31.4 Å². The lowest BCUT2D eigenvalue weighted by Gasteiger charge is -2.11. The fraction of sp³-hybridized carbons (Fsp3) is 0.300. The lowest BCUT2D eigenvalue weighted by atomic mass is 10.2. The first-order valence-electron chi connectivity index (χ1n) is 9.20. The molecule has 0 fully saturated rings. The molecule has 0 aliphatic rings. The van der Waals surface area contributed by atoms with Gasteiger partial charge in [-0.1, -0.05) is 6.92 Å². The molecule has 0 atom stereocenters. The van der Waals surface area contributed by atoms with Crippen molar-refractivity contribution in [2.24, 2.45) is 0 Å². The molecular weight excluding hydrogens is 410 g/mol. The van der Waals surface area contributed by atoms with E-state index in [0.29, 0.717) is 23.5 Å². The summed E-state index contributed by atoms with van der Waals surface area (Å²) in [6.45, 7) is 1.68. The molecule has 0 aliphatic carbocycles. The van der Waals surface area contributed by atoms with Crippen molar-refractivity contribution in [1.82, 2.24) is 4.72 Å². The Hall–Kier alpha value is -3.11. The van der Waals surface area contributed by atoms with Gasteiger partial charge in [0.05, 0.1) is 19.1 Å². The van der Waals surface area contributed by atoms with Gasteiger partial charge in [-0.3, -0.25) is 9.59 Å². The number of ether oxygens (including phenoxy) is 2. The van der Waals surface area contributed by atoms with Gasteiger partial charge in [-0.05, 0) is 36.4 Å². The average Bonchev–Trinajstić information content (AvgIpc) is 2.74. The molecule has 2 aromatic carbocycles. The Morgan fingerprint density at radius 1 is 0.867 bits per heavy atom. The zero-order chi connectivity index (χ0) is 22.1. The van der Waals surface area contributed by atoms with Crippen molar-refractivity contribution in [3.8, 4) is 11.5 Å². The van der Waals surface area contributed by atoms with Gasteiger partial charge in [-0.2, -0.15) is 0 Å². The highest BCUT2D eigenvalue weighted by Crippen LogP contribution is 2.29. The second-order valence-electron chi connectivity index (χ2n) is 6.19. The summed E-state index contributed by atoms with van der Waals surface area (Å²) < 4.78 is 37.4. The number of anilines is 2. The Balaban J connectivity index is 1.88. The van der Waals surface area contributed by atoms with Gasteiger partial charge in [0.1, 0.15) is 0 Å². The molecule has 9 nitrogen and oxygen atoms in total. The summed E-state index contributed by atoms with van der Waals surface area (Å²) in [6.07, 6.45) is 0.318. The molecule has 162 valence electrons. The highest BCUT2D eigenvalue weighted by molar-refractivity contribution is 7.89. The fourth-order valence-electron chi connectivity index (χ4n) is 2.48. The summed E-state index contributed by atoms with van der Waals surface area (Å²) >= 11 is 0. The number of hydrogen-bond donors (Lipinski definition) is 3. The number of amides is 2. The van der Waals surface area contributed by atoms with Crippen LogP contribution in [0.15, 0.2) is 47.4 Å². The van der Waals surface area contributed by atoms with Gasteiger partial charge in [0.2, 0.25) is 21.8 Å². The number of methoxy groups -OCH3 is 2. The fourth-order valence-corrected chi connectivity index (χ4v) is 3.52. The quantitative estimate of drug-likeness (QED) is 0.527. The topological polar surface area (TPSA) is 123 Å². The van der Waals surface area contributed by atoms with E-state index in [1.165, 1.54) is 32.4 Å². The van der Waals surface area contributed by atoms with E-state index in [-0.39, 0.29) is 35.4 Å². The van der Waals surface area contributed by atoms with Crippen molar-refractivity contribution in [1.29, 1.82) is 0 Å². The van der Waals surface area contributed by atoms with Gasteiger partial charge >= 0.3 is 0 Å². The SMILES string of the molecule is CCC(=O)Nc1ccc(NC(=O)CCNS(=O)(=O)c2ccc(OC)c(OC)c2)cc1. The highest BCUT2D eigenvalue weighted by atomic mass is 32.2. The van der Waals surface area contributed by atoms with Crippen molar-refractivity contribution in [3.05, 3.63) is 42.5 Å². The summed E-state index contributed by atoms with van der Waals surface area (Å²) in [4.78, 5) is 23.4. The summed E-state index contributed by atoms with van der Waals surface area (Å²) in [6, 6.07) is 10.9. The molecule has 0 heterocycles. The molecule has 0 bridgehead atoms. The normalized spacial score (nSPS) is 10.9. The van der Waals surface area contributed by atoms with E-state index in [2.05, 4.69) is 15.4 Å². The summed E-state index contributed by atoms with van der Waals surface area (Å²) in [5.74, 6) is 0.247. The lowest BCUT2D eigenvalue weighted by Crippen LogP contribution is -2.27. The largest absolute Gasteiger partial charge is 0.493 e. The predicted molar refractivity (Wildman–Crippen MR) is 113 cm³/mol. The van der Waals surface area contributed by atoms with E-state index in [1.54, 1.807) is 31.2 Å². The number of carbonyl (C=O) groups is 2. The zero-order valence-corrected chi connectivity index (χ0v) is 17.8. The van der Waals surface area contributed by atoms with Crippen molar-refractivity contribution in [3.63, 3.8) is 0 Å². The Bertz CT molecular complexity index is 990. The second kappa shape index (κ2) is 10.6. The molecule has 10 heteroatoms. The number of carbonyl (C=O) groups excluding carboxylic acids is 2. The molecule has 0 saturated heterocycles. The average molecular weight is 436 g/mol. The molecule has 30 heavy (non-hydrogen) atoms. The maximum atomic E-state index is 12.4. The molecule has 2 rings (SSSR count). The van der Waals surface area contributed by atoms with Crippen LogP contribution in [0.1, 0.15) is 19.8 Å². The minimum absolute atomic E-state index is 0.00488. The molecule has 0 unspecified atom stereocenters. The second-order valence-corrected chi connectivity index (χ2v) is 7.96. The van der Waals surface area contributed by atoms with Gasteiger partial charge in [0.15, 0.2) is 11.5 Å². The van der Waals surface area contributed by atoms with Crippen LogP contribution in [0.3, 0.4) is 0 Å². The molecule has 0 saturated carbocycles. The smallest absolute Gasteiger partial charge is 0.240 e. The molecule has 0 radical (unpaired) electrons. The van der Waals surface area contributed by atoms with Crippen LogP contribution in [-0.4, -0.2) is 41.0 Å². The minimum atomic E-state index is -3.81. The minimum Gasteiger partial charge on any atom is -0.493 e. The molecule has 0 aromatic heterocycles. The number of hydrogen-bond acceptors (Lipinski definition) is 6. The summed E-state index contributed by atoms with van der Waals surface area (Å²) in [5.41, 5.74) is 1.17. The van der Waals surface area contributed by atoms with E-state index in [4.69, 9.17) is 9.47 Å². The van der Waals surface area contributed by atoms with E-state index in [9.17, 15) is 18.0 Å². The maximum absolute atomic E-state index is 12.4. The Labute approximate surface area is 175 Å². The van der Waals surface area contributed by atoms with Crippen LogP contribution in [0.5, 0.6) is 11.5 Å². The van der Waals surface area contributed by atoms with Crippen LogP contribution in [0.2, 0.25) is 0 Å². The van der Waals surface area contributed by atoms with E-state index in [1.807, 2.05) is 0 Å².